The van der Waals surface area contributed by atoms with Gasteiger partial charge in [-0.15, -0.1) is 0 Å². The second-order valence-corrected chi connectivity index (χ2v) is 6.48. The molecule has 1 aliphatic rings. The van der Waals surface area contributed by atoms with Gasteiger partial charge in [-0.3, -0.25) is 9.69 Å². The monoisotopic (exact) mass is 330 g/mol. The lowest BCUT2D eigenvalue weighted by molar-refractivity contribution is -0.143. The van der Waals surface area contributed by atoms with Crippen LogP contribution in [-0.4, -0.2) is 39.3 Å². The Bertz CT molecular complexity index is 726. The van der Waals surface area contributed by atoms with Crippen molar-refractivity contribution < 1.29 is 19.5 Å². The first-order valence-corrected chi connectivity index (χ1v) is 8.15. The number of phenolic OH excluding ortho intramolecular Hbond substituents is 1. The number of rotatable bonds is 4. The number of piperidine rings is 1. The fourth-order valence-electron chi connectivity index (χ4n) is 3.40. The summed E-state index contributed by atoms with van der Waals surface area (Å²) in [6.45, 7) is 5.94. The van der Waals surface area contributed by atoms with E-state index in [1.165, 1.54) is 0 Å². The summed E-state index contributed by atoms with van der Waals surface area (Å²) in [4.78, 5) is 13.3. The number of aliphatic carboxylic acids is 1. The minimum Gasteiger partial charge on any atom is -0.508 e. The highest BCUT2D eigenvalue weighted by atomic mass is 16.5. The molecule has 0 unspecified atom stereocenters. The van der Waals surface area contributed by atoms with Gasteiger partial charge in [-0.25, -0.2) is 0 Å². The molecular weight excluding hydrogens is 308 g/mol. The lowest BCUT2D eigenvalue weighted by atomic mass is 9.96. The average molecular weight is 330 g/mol. The molecule has 0 saturated carbocycles. The first kappa shape index (κ1) is 16.5. The van der Waals surface area contributed by atoms with Crippen LogP contribution >= 0.6 is 0 Å². The molecule has 0 spiro atoms. The summed E-state index contributed by atoms with van der Waals surface area (Å²) in [6.07, 6.45) is 1.34. The molecule has 2 heterocycles. The van der Waals surface area contributed by atoms with Gasteiger partial charge in [0.05, 0.1) is 11.6 Å². The molecule has 1 aliphatic heterocycles. The molecular formula is C18H22N2O4. The van der Waals surface area contributed by atoms with Gasteiger partial charge in [0.25, 0.3) is 0 Å². The topological polar surface area (TPSA) is 86.8 Å². The summed E-state index contributed by atoms with van der Waals surface area (Å²) in [5.41, 5.74) is 3.60. The van der Waals surface area contributed by atoms with Gasteiger partial charge in [0.1, 0.15) is 11.5 Å². The summed E-state index contributed by atoms with van der Waals surface area (Å²) >= 11 is 0. The van der Waals surface area contributed by atoms with Gasteiger partial charge in [-0.1, -0.05) is 5.16 Å². The van der Waals surface area contributed by atoms with Crippen molar-refractivity contribution in [2.45, 2.75) is 33.2 Å². The Morgan fingerprint density at radius 3 is 2.58 bits per heavy atom. The molecule has 3 rings (SSSR count). The molecule has 0 amide bonds. The maximum absolute atomic E-state index is 11.0. The third-order valence-electron chi connectivity index (χ3n) is 4.64. The Morgan fingerprint density at radius 1 is 1.29 bits per heavy atom. The van der Waals surface area contributed by atoms with Crippen LogP contribution in [-0.2, 0) is 11.3 Å². The fraction of sp³-hybridized carbons (Fsp3) is 0.444. The number of aromatic hydroxyl groups is 1. The molecule has 0 bridgehead atoms. The quantitative estimate of drug-likeness (QED) is 0.896. The maximum Gasteiger partial charge on any atom is 0.306 e. The Morgan fingerprint density at radius 2 is 2.00 bits per heavy atom. The van der Waals surface area contributed by atoms with E-state index in [0.717, 1.165) is 41.2 Å². The van der Waals surface area contributed by atoms with Crippen molar-refractivity contribution in [1.82, 2.24) is 10.1 Å². The van der Waals surface area contributed by atoms with E-state index in [4.69, 9.17) is 9.63 Å². The van der Waals surface area contributed by atoms with Crippen molar-refractivity contribution in [2.75, 3.05) is 13.1 Å². The second kappa shape index (κ2) is 6.65. The van der Waals surface area contributed by atoms with Crippen molar-refractivity contribution >= 4 is 5.97 Å². The summed E-state index contributed by atoms with van der Waals surface area (Å²) in [5.74, 6) is 0.00485. The highest BCUT2D eigenvalue weighted by molar-refractivity contribution is 5.70. The average Bonchev–Trinajstić information content (AvgIpc) is 2.86. The normalized spacial score (nSPS) is 16.4. The number of carboxylic acid groups (broad SMARTS) is 1. The molecule has 0 radical (unpaired) electrons. The SMILES string of the molecule is Cc1noc(C)c1-c1cc(O)cc(CN2CCC(C(=O)O)CC2)c1. The van der Waals surface area contributed by atoms with Crippen LogP contribution in [0.5, 0.6) is 5.75 Å². The number of aryl methyl sites for hydroxylation is 2. The van der Waals surface area contributed by atoms with E-state index in [9.17, 15) is 9.90 Å². The third-order valence-corrected chi connectivity index (χ3v) is 4.64. The number of carbonyl (C=O) groups is 1. The highest BCUT2D eigenvalue weighted by Crippen LogP contribution is 2.31. The maximum atomic E-state index is 11.0. The second-order valence-electron chi connectivity index (χ2n) is 6.48. The number of nitrogens with zero attached hydrogens (tertiary/aromatic N) is 2. The molecule has 6 nitrogen and oxygen atoms in total. The van der Waals surface area contributed by atoms with E-state index in [2.05, 4.69) is 10.1 Å². The number of hydrogen-bond donors (Lipinski definition) is 2. The molecule has 0 aliphatic carbocycles. The minimum atomic E-state index is -0.701. The molecule has 1 aromatic heterocycles. The minimum absolute atomic E-state index is 0.211. The molecule has 1 aromatic carbocycles. The smallest absolute Gasteiger partial charge is 0.306 e. The lowest BCUT2D eigenvalue weighted by Gasteiger charge is -2.30. The number of likely N-dealkylation sites (tertiary alicyclic amines) is 1. The van der Waals surface area contributed by atoms with Crippen LogP contribution < -0.4 is 0 Å². The zero-order valence-electron chi connectivity index (χ0n) is 14.0. The summed E-state index contributed by atoms with van der Waals surface area (Å²) in [6, 6.07) is 5.51. The first-order valence-electron chi connectivity index (χ1n) is 8.15. The van der Waals surface area contributed by atoms with Crippen molar-refractivity contribution in [3.05, 3.63) is 35.2 Å². The van der Waals surface area contributed by atoms with Gasteiger partial charge in [-0.2, -0.15) is 0 Å². The molecule has 1 fully saturated rings. The molecule has 2 N–H and O–H groups in total. The zero-order valence-corrected chi connectivity index (χ0v) is 14.0. The number of carboxylic acids is 1. The van der Waals surface area contributed by atoms with Crippen molar-refractivity contribution in [1.29, 1.82) is 0 Å². The van der Waals surface area contributed by atoms with Crippen LogP contribution in [0.1, 0.15) is 29.9 Å². The molecule has 2 aromatic rings. The van der Waals surface area contributed by atoms with Gasteiger partial charge in [0.2, 0.25) is 0 Å². The Labute approximate surface area is 140 Å². The van der Waals surface area contributed by atoms with Gasteiger partial charge < -0.3 is 14.7 Å². The van der Waals surface area contributed by atoms with Gasteiger partial charge >= 0.3 is 5.97 Å². The van der Waals surface area contributed by atoms with E-state index < -0.39 is 5.97 Å². The Hall–Kier alpha value is -2.34. The van der Waals surface area contributed by atoms with E-state index in [0.29, 0.717) is 19.4 Å². The van der Waals surface area contributed by atoms with Crippen LogP contribution in [0, 0.1) is 19.8 Å². The van der Waals surface area contributed by atoms with Crippen LogP contribution in [0.15, 0.2) is 22.7 Å². The van der Waals surface area contributed by atoms with Crippen LogP contribution in [0.25, 0.3) is 11.1 Å². The van der Waals surface area contributed by atoms with E-state index >= 15 is 0 Å². The number of aromatic nitrogens is 1. The zero-order chi connectivity index (χ0) is 17.3. The molecule has 128 valence electrons. The predicted molar refractivity (Wildman–Crippen MR) is 88.7 cm³/mol. The largest absolute Gasteiger partial charge is 0.508 e. The number of benzene rings is 1. The fourth-order valence-corrected chi connectivity index (χ4v) is 3.40. The van der Waals surface area contributed by atoms with Crippen LogP contribution in [0.3, 0.4) is 0 Å². The van der Waals surface area contributed by atoms with E-state index in [1.807, 2.05) is 19.9 Å². The summed E-state index contributed by atoms with van der Waals surface area (Å²) in [7, 11) is 0. The van der Waals surface area contributed by atoms with Crippen LogP contribution in [0.4, 0.5) is 0 Å². The molecule has 24 heavy (non-hydrogen) atoms. The van der Waals surface area contributed by atoms with Crippen molar-refractivity contribution in [3.8, 4) is 16.9 Å². The third kappa shape index (κ3) is 3.43. The predicted octanol–water partition coefficient (Wildman–Crippen LogP) is 2.96. The molecule has 0 atom stereocenters. The van der Waals surface area contributed by atoms with E-state index in [-0.39, 0.29) is 11.7 Å². The number of hydrogen-bond acceptors (Lipinski definition) is 5. The molecule has 1 saturated heterocycles. The van der Waals surface area contributed by atoms with Crippen molar-refractivity contribution in [2.24, 2.45) is 5.92 Å². The highest BCUT2D eigenvalue weighted by Gasteiger charge is 2.24. The van der Waals surface area contributed by atoms with E-state index in [1.54, 1.807) is 12.1 Å². The van der Waals surface area contributed by atoms with Crippen LogP contribution in [0.2, 0.25) is 0 Å². The lowest BCUT2D eigenvalue weighted by Crippen LogP contribution is -2.35. The van der Waals surface area contributed by atoms with Crippen molar-refractivity contribution in [3.63, 3.8) is 0 Å². The standard InChI is InChI=1S/C18H22N2O4/c1-11-17(12(2)24-19-11)15-7-13(8-16(21)9-15)10-20-5-3-14(4-6-20)18(22)23/h7-9,14,21H,3-6,10H2,1-2H3,(H,22,23). The summed E-state index contributed by atoms with van der Waals surface area (Å²) < 4.78 is 5.22. The van der Waals surface area contributed by atoms with Gasteiger partial charge in [0, 0.05) is 12.1 Å². The molecule has 6 heteroatoms. The summed E-state index contributed by atoms with van der Waals surface area (Å²) in [5, 5.41) is 23.1. The number of phenols is 1. The Kier molecular flexibility index (Phi) is 4.57. The van der Waals surface area contributed by atoms with Gasteiger partial charge in [-0.05, 0) is 69.1 Å². The Balaban J connectivity index is 1.77. The van der Waals surface area contributed by atoms with Gasteiger partial charge in [0.15, 0.2) is 0 Å². The first-order chi connectivity index (χ1) is 11.4.